The number of methoxy groups -OCH3 is 2. The van der Waals surface area contributed by atoms with E-state index in [1.807, 2.05) is 37.5 Å². The lowest BCUT2D eigenvalue weighted by atomic mass is 9.99. The topological polar surface area (TPSA) is 59.0 Å². The van der Waals surface area contributed by atoms with Gasteiger partial charge in [0.15, 0.2) is 5.96 Å². The Morgan fingerprint density at radius 3 is 2.68 bits per heavy atom. The van der Waals surface area contributed by atoms with Gasteiger partial charge in [-0.25, -0.2) is 4.98 Å². The second-order valence-corrected chi connectivity index (χ2v) is 6.27. The molecular formula is C21H27IN4O2. The predicted octanol–water partition coefficient (Wildman–Crippen LogP) is 3.58. The third-order valence-corrected chi connectivity index (χ3v) is 4.62. The molecule has 0 saturated carbocycles. The van der Waals surface area contributed by atoms with E-state index in [-0.39, 0.29) is 24.0 Å². The van der Waals surface area contributed by atoms with E-state index in [0.717, 1.165) is 36.8 Å². The van der Waals surface area contributed by atoms with Crippen LogP contribution >= 0.6 is 24.0 Å². The second-order valence-electron chi connectivity index (χ2n) is 6.27. The molecule has 1 N–H and O–H groups in total. The Morgan fingerprint density at radius 2 is 2.07 bits per heavy atom. The number of guanidine groups is 1. The molecule has 0 bridgehead atoms. The average Bonchev–Trinajstić information content (AvgIpc) is 2.75. The summed E-state index contributed by atoms with van der Waals surface area (Å²) in [6, 6.07) is 12.1. The number of nitrogens with zero attached hydrogens (tertiary/aromatic N) is 3. The van der Waals surface area contributed by atoms with E-state index < -0.39 is 0 Å². The van der Waals surface area contributed by atoms with Crippen molar-refractivity contribution in [3.63, 3.8) is 0 Å². The summed E-state index contributed by atoms with van der Waals surface area (Å²) in [4.78, 5) is 10.9. The van der Waals surface area contributed by atoms with Gasteiger partial charge in [0.05, 0.1) is 14.2 Å². The summed E-state index contributed by atoms with van der Waals surface area (Å²) >= 11 is 0. The molecular weight excluding hydrogens is 467 g/mol. The van der Waals surface area contributed by atoms with Crippen molar-refractivity contribution >= 4 is 35.5 Å². The number of aliphatic imine (C=N–C) groups is 1. The van der Waals surface area contributed by atoms with Gasteiger partial charge >= 0.3 is 0 Å². The summed E-state index contributed by atoms with van der Waals surface area (Å²) in [6.45, 7) is 2.42. The van der Waals surface area contributed by atoms with E-state index >= 15 is 0 Å². The summed E-state index contributed by atoms with van der Waals surface area (Å²) in [7, 11) is 5.13. The third-order valence-electron chi connectivity index (χ3n) is 4.62. The van der Waals surface area contributed by atoms with Crippen LogP contribution in [0.2, 0.25) is 0 Å². The molecule has 1 aliphatic heterocycles. The van der Waals surface area contributed by atoms with Crippen molar-refractivity contribution in [3.05, 3.63) is 59.8 Å². The van der Waals surface area contributed by atoms with Crippen LogP contribution in [0.15, 0.2) is 53.7 Å². The SMILES string of the molecule is CN=C(NCc1ccc(OC)nc1)N1CC=C(c2cccc(OC)c2)CC1.I. The number of ether oxygens (including phenoxy) is 2. The van der Waals surface area contributed by atoms with Gasteiger partial charge in [0.1, 0.15) is 5.75 Å². The Balaban J connectivity index is 0.00000280. The fourth-order valence-corrected chi connectivity index (χ4v) is 3.10. The smallest absolute Gasteiger partial charge is 0.212 e. The summed E-state index contributed by atoms with van der Waals surface area (Å²) in [6.07, 6.45) is 5.05. The van der Waals surface area contributed by atoms with Crippen LogP contribution in [0.3, 0.4) is 0 Å². The van der Waals surface area contributed by atoms with E-state index in [2.05, 4.69) is 38.4 Å². The molecule has 1 aromatic heterocycles. The minimum atomic E-state index is 0. The van der Waals surface area contributed by atoms with Gasteiger partial charge in [-0.2, -0.15) is 0 Å². The first-order valence-corrected chi connectivity index (χ1v) is 9.01. The molecule has 0 atom stereocenters. The van der Waals surface area contributed by atoms with E-state index in [1.165, 1.54) is 11.1 Å². The number of aromatic nitrogens is 1. The molecule has 0 aliphatic carbocycles. The molecule has 3 rings (SSSR count). The molecule has 0 amide bonds. The molecule has 6 nitrogen and oxygen atoms in total. The van der Waals surface area contributed by atoms with Gasteiger partial charge in [-0.05, 0) is 35.3 Å². The maximum absolute atomic E-state index is 5.33. The number of benzene rings is 1. The van der Waals surface area contributed by atoms with Crippen LogP contribution in [0.4, 0.5) is 0 Å². The van der Waals surface area contributed by atoms with E-state index in [9.17, 15) is 0 Å². The Hall–Kier alpha value is -2.29. The van der Waals surface area contributed by atoms with Crippen molar-refractivity contribution in [2.45, 2.75) is 13.0 Å². The highest BCUT2D eigenvalue weighted by Crippen LogP contribution is 2.25. The minimum absolute atomic E-state index is 0. The Bertz CT molecular complexity index is 821. The molecule has 7 heteroatoms. The standard InChI is InChI=1S/C21H26N4O2.HI/c1-22-21(24-15-16-7-8-20(27-3)23-14-16)25-11-9-17(10-12-25)18-5-4-6-19(13-18)26-2;/h4-9,13-14H,10-12,15H2,1-3H3,(H,22,24);1H. The van der Waals surface area contributed by atoms with Crippen molar-refractivity contribution in [1.82, 2.24) is 15.2 Å². The lowest BCUT2D eigenvalue weighted by Gasteiger charge is -2.30. The van der Waals surface area contributed by atoms with Crippen molar-refractivity contribution in [2.24, 2.45) is 4.99 Å². The van der Waals surface area contributed by atoms with Crippen molar-refractivity contribution < 1.29 is 9.47 Å². The summed E-state index contributed by atoms with van der Waals surface area (Å²) in [5.74, 6) is 2.41. The molecule has 1 aliphatic rings. The predicted molar refractivity (Wildman–Crippen MR) is 124 cm³/mol. The Labute approximate surface area is 183 Å². The molecule has 28 heavy (non-hydrogen) atoms. The first kappa shape index (κ1) is 22.0. The maximum Gasteiger partial charge on any atom is 0.212 e. The summed E-state index contributed by atoms with van der Waals surface area (Å²) in [5, 5.41) is 3.41. The van der Waals surface area contributed by atoms with Gasteiger partial charge in [-0.15, -0.1) is 24.0 Å². The average molecular weight is 494 g/mol. The van der Waals surface area contributed by atoms with Gasteiger partial charge < -0.3 is 19.7 Å². The van der Waals surface area contributed by atoms with Crippen LogP contribution in [-0.2, 0) is 6.54 Å². The fraction of sp³-hybridized carbons (Fsp3) is 0.333. The van der Waals surface area contributed by atoms with Crippen LogP contribution < -0.4 is 14.8 Å². The van der Waals surface area contributed by atoms with Crippen LogP contribution in [0.25, 0.3) is 5.57 Å². The minimum Gasteiger partial charge on any atom is -0.497 e. The molecule has 0 radical (unpaired) electrons. The van der Waals surface area contributed by atoms with Crippen molar-refractivity contribution in [2.75, 3.05) is 34.4 Å². The Morgan fingerprint density at radius 1 is 1.21 bits per heavy atom. The largest absolute Gasteiger partial charge is 0.497 e. The first-order valence-electron chi connectivity index (χ1n) is 9.01. The summed E-state index contributed by atoms with van der Waals surface area (Å²) in [5.41, 5.74) is 3.66. The number of rotatable bonds is 5. The van der Waals surface area contributed by atoms with Gasteiger partial charge in [0.2, 0.25) is 5.88 Å². The van der Waals surface area contributed by atoms with Gasteiger partial charge in [-0.1, -0.05) is 24.3 Å². The highest BCUT2D eigenvalue weighted by Gasteiger charge is 2.16. The van der Waals surface area contributed by atoms with E-state index in [4.69, 9.17) is 9.47 Å². The molecule has 0 saturated heterocycles. The molecule has 1 aromatic carbocycles. The van der Waals surface area contributed by atoms with Gasteiger partial charge in [0.25, 0.3) is 0 Å². The highest BCUT2D eigenvalue weighted by molar-refractivity contribution is 14.0. The van der Waals surface area contributed by atoms with Crippen LogP contribution in [0.5, 0.6) is 11.6 Å². The molecule has 0 fully saturated rings. The number of nitrogens with one attached hydrogen (secondary N) is 1. The van der Waals surface area contributed by atoms with Crippen LogP contribution in [-0.4, -0.2) is 50.2 Å². The monoisotopic (exact) mass is 494 g/mol. The quantitative estimate of drug-likeness (QED) is 0.391. The van der Waals surface area contributed by atoms with Crippen molar-refractivity contribution in [1.29, 1.82) is 0 Å². The van der Waals surface area contributed by atoms with Crippen LogP contribution in [0, 0.1) is 0 Å². The van der Waals surface area contributed by atoms with E-state index in [1.54, 1.807) is 14.2 Å². The van der Waals surface area contributed by atoms with E-state index in [0.29, 0.717) is 12.4 Å². The molecule has 2 aromatic rings. The lowest BCUT2D eigenvalue weighted by Crippen LogP contribution is -2.43. The zero-order chi connectivity index (χ0) is 19.1. The molecule has 150 valence electrons. The third kappa shape index (κ3) is 5.60. The number of halogens is 1. The fourth-order valence-electron chi connectivity index (χ4n) is 3.10. The normalized spacial score (nSPS) is 14.0. The van der Waals surface area contributed by atoms with Crippen molar-refractivity contribution in [3.8, 4) is 11.6 Å². The first-order chi connectivity index (χ1) is 13.2. The van der Waals surface area contributed by atoms with Gasteiger partial charge in [0, 0.05) is 38.9 Å². The Kier molecular flexibility index (Phi) is 8.56. The molecule has 2 heterocycles. The lowest BCUT2D eigenvalue weighted by molar-refractivity contribution is 0.397. The maximum atomic E-state index is 5.33. The number of hydrogen-bond donors (Lipinski definition) is 1. The summed E-state index contributed by atoms with van der Waals surface area (Å²) < 4.78 is 10.4. The van der Waals surface area contributed by atoms with Gasteiger partial charge in [-0.3, -0.25) is 4.99 Å². The molecule has 0 spiro atoms. The second kappa shape index (κ2) is 10.9. The zero-order valence-corrected chi connectivity index (χ0v) is 18.8. The molecule has 0 unspecified atom stereocenters. The number of pyridine rings is 1. The highest BCUT2D eigenvalue weighted by atomic mass is 127. The van der Waals surface area contributed by atoms with Crippen LogP contribution in [0.1, 0.15) is 17.5 Å². The zero-order valence-electron chi connectivity index (χ0n) is 16.5. The number of hydrogen-bond acceptors (Lipinski definition) is 4.